The van der Waals surface area contributed by atoms with E-state index in [9.17, 15) is 22.4 Å². The number of aromatic nitrogens is 3. The van der Waals surface area contributed by atoms with E-state index in [1.165, 1.54) is 0 Å². The summed E-state index contributed by atoms with van der Waals surface area (Å²) in [5.74, 6) is -6.11. The number of amidine groups is 1. The van der Waals surface area contributed by atoms with Crippen molar-refractivity contribution in [1.82, 2.24) is 15.0 Å². The Bertz CT molecular complexity index is 1010. The number of ether oxygens (including phenoxy) is 2. The molecule has 5 N–H and O–H groups in total. The first-order valence-corrected chi connectivity index (χ1v) is 8.84. The molecule has 0 aliphatic carbocycles. The summed E-state index contributed by atoms with van der Waals surface area (Å²) in [6, 6.07) is -0.682. The number of carbonyl (C=O) groups is 1. The Labute approximate surface area is 172 Å². The molecule has 1 amide bonds. The molecule has 166 valence electrons. The first kappa shape index (κ1) is 22.0. The normalized spacial score (nSPS) is 17.4. The third kappa shape index (κ3) is 5.07. The number of aliphatic imine (C=N–C) groups is 1. The molecule has 0 saturated carbocycles. The highest BCUT2D eigenvalue weighted by atomic mass is 19.3. The molecular weight excluding hydrogens is 426 g/mol. The van der Waals surface area contributed by atoms with Crippen LogP contribution in [0.1, 0.15) is 28.6 Å². The number of hydrogen-bond acceptors (Lipinski definition) is 9. The summed E-state index contributed by atoms with van der Waals surface area (Å²) in [6.45, 7) is -1.63. The zero-order valence-electron chi connectivity index (χ0n) is 15.8. The van der Waals surface area contributed by atoms with Gasteiger partial charge in [0.25, 0.3) is 11.9 Å². The molecule has 1 atom stereocenters. The zero-order valence-corrected chi connectivity index (χ0v) is 15.8. The second-order valence-electron chi connectivity index (χ2n) is 6.27. The van der Waals surface area contributed by atoms with Crippen molar-refractivity contribution in [3.8, 4) is 5.88 Å². The maximum atomic E-state index is 14.2. The summed E-state index contributed by atoms with van der Waals surface area (Å²) in [4.78, 5) is 27.2. The molecule has 14 heteroatoms. The first-order valence-electron chi connectivity index (χ1n) is 8.84. The average Bonchev–Trinajstić information content (AvgIpc) is 2.71. The van der Waals surface area contributed by atoms with Crippen LogP contribution in [0.5, 0.6) is 5.88 Å². The molecule has 1 aliphatic heterocycles. The van der Waals surface area contributed by atoms with Crippen LogP contribution in [0.4, 0.5) is 29.2 Å². The fourth-order valence-corrected chi connectivity index (χ4v) is 2.53. The van der Waals surface area contributed by atoms with Gasteiger partial charge in [0.1, 0.15) is 17.3 Å². The highest BCUT2D eigenvalue weighted by Crippen LogP contribution is 2.38. The number of alkyl halides is 3. The lowest BCUT2D eigenvalue weighted by Crippen LogP contribution is -2.40. The van der Waals surface area contributed by atoms with Gasteiger partial charge in [-0.1, -0.05) is 0 Å². The Morgan fingerprint density at radius 1 is 1.32 bits per heavy atom. The van der Waals surface area contributed by atoms with Crippen molar-refractivity contribution in [2.24, 2.45) is 10.7 Å². The predicted molar refractivity (Wildman–Crippen MR) is 99.9 cm³/mol. The molecule has 0 radical (unpaired) electrons. The summed E-state index contributed by atoms with van der Waals surface area (Å²) in [7, 11) is 0. The second kappa shape index (κ2) is 8.97. The Balaban J connectivity index is 1.80. The molecule has 0 fully saturated rings. The van der Waals surface area contributed by atoms with E-state index in [-0.39, 0.29) is 36.2 Å². The van der Waals surface area contributed by atoms with Crippen molar-refractivity contribution < 1.29 is 31.8 Å². The van der Waals surface area contributed by atoms with Crippen molar-refractivity contribution in [3.63, 3.8) is 0 Å². The van der Waals surface area contributed by atoms with Crippen molar-refractivity contribution in [2.45, 2.75) is 18.4 Å². The number of nitrogens with zero attached hydrogens (tertiary/aromatic N) is 4. The number of nitrogens with one attached hydrogen (secondary N) is 1. The van der Waals surface area contributed by atoms with Crippen LogP contribution in [-0.4, -0.2) is 52.7 Å². The van der Waals surface area contributed by atoms with Crippen LogP contribution in [0.25, 0.3) is 0 Å². The van der Waals surface area contributed by atoms with Crippen molar-refractivity contribution >= 4 is 23.6 Å². The van der Waals surface area contributed by atoms with Crippen LogP contribution >= 0.6 is 0 Å². The number of rotatable bonds is 7. The highest BCUT2D eigenvalue weighted by molar-refractivity contribution is 6.05. The van der Waals surface area contributed by atoms with Gasteiger partial charge in [-0.05, 0) is 12.1 Å². The van der Waals surface area contributed by atoms with Gasteiger partial charge < -0.3 is 26.3 Å². The lowest BCUT2D eigenvalue weighted by molar-refractivity contribution is -0.0798. The molecule has 1 aliphatic rings. The maximum Gasteiger partial charge on any atom is 0.309 e. The topological polar surface area (TPSA) is 151 Å². The number of carbonyl (C=O) groups excluding carboxylic acids is 1. The SMILES string of the molecule is NC1=N[C@H](c2nc(NC(=O)c3ncc(OCCCF)nc3N)ccc2F)C(F)(F)CO1. The summed E-state index contributed by atoms with van der Waals surface area (Å²) >= 11 is 0. The third-order valence-electron chi connectivity index (χ3n) is 3.96. The largest absolute Gasteiger partial charge is 0.476 e. The summed E-state index contributed by atoms with van der Waals surface area (Å²) in [5, 5.41) is 2.27. The van der Waals surface area contributed by atoms with Crippen LogP contribution in [0.3, 0.4) is 0 Å². The molecule has 3 heterocycles. The Hall–Kier alpha value is -3.71. The van der Waals surface area contributed by atoms with Gasteiger partial charge >= 0.3 is 5.92 Å². The van der Waals surface area contributed by atoms with Crippen LogP contribution < -0.4 is 21.5 Å². The zero-order chi connectivity index (χ0) is 22.6. The van der Waals surface area contributed by atoms with E-state index in [2.05, 4.69) is 30.0 Å². The van der Waals surface area contributed by atoms with E-state index in [4.69, 9.17) is 16.2 Å². The van der Waals surface area contributed by atoms with Gasteiger partial charge in [-0.3, -0.25) is 9.18 Å². The van der Waals surface area contributed by atoms with Gasteiger partial charge in [0, 0.05) is 6.42 Å². The molecule has 0 spiro atoms. The smallest absolute Gasteiger partial charge is 0.309 e. The Morgan fingerprint density at radius 2 is 2.10 bits per heavy atom. The molecule has 2 aromatic rings. The summed E-state index contributed by atoms with van der Waals surface area (Å²) in [6.07, 6.45) is 1.25. The molecule has 3 rings (SSSR count). The van der Waals surface area contributed by atoms with Crippen LogP contribution in [0.2, 0.25) is 0 Å². The molecule has 31 heavy (non-hydrogen) atoms. The standard InChI is InChI=1S/C17H17F4N7O3/c18-4-1-5-30-10-6-24-12(14(22)27-10)15(29)26-9-3-2-8(19)11(25-9)13-17(20,21)7-31-16(23)28-13/h2-3,6,13H,1,4-5,7H2,(H2,22,27)(H2,23,28)(H,25,26,29)/t13-/m1/s1. The second-order valence-corrected chi connectivity index (χ2v) is 6.27. The van der Waals surface area contributed by atoms with Gasteiger partial charge in [-0.15, -0.1) is 0 Å². The van der Waals surface area contributed by atoms with E-state index in [1.807, 2.05) is 0 Å². The van der Waals surface area contributed by atoms with Gasteiger partial charge in [-0.2, -0.15) is 13.8 Å². The minimum absolute atomic E-state index is 0.0121. The van der Waals surface area contributed by atoms with Gasteiger partial charge in [0.2, 0.25) is 5.88 Å². The van der Waals surface area contributed by atoms with Crippen molar-refractivity contribution in [1.29, 1.82) is 0 Å². The predicted octanol–water partition coefficient (Wildman–Crippen LogP) is 1.60. The number of amides is 1. The van der Waals surface area contributed by atoms with E-state index < -0.39 is 48.7 Å². The third-order valence-corrected chi connectivity index (χ3v) is 3.96. The summed E-state index contributed by atoms with van der Waals surface area (Å²) in [5.41, 5.74) is 9.95. The molecule has 2 aromatic heterocycles. The molecule has 0 bridgehead atoms. The van der Waals surface area contributed by atoms with Gasteiger partial charge in [-0.25, -0.2) is 19.4 Å². The minimum Gasteiger partial charge on any atom is -0.476 e. The Morgan fingerprint density at radius 3 is 2.81 bits per heavy atom. The molecule has 0 saturated heterocycles. The van der Waals surface area contributed by atoms with E-state index in [0.717, 1.165) is 18.3 Å². The molecule has 10 nitrogen and oxygen atoms in total. The van der Waals surface area contributed by atoms with Crippen molar-refractivity contribution in [2.75, 3.05) is 30.9 Å². The van der Waals surface area contributed by atoms with Crippen molar-refractivity contribution in [3.05, 3.63) is 35.5 Å². The van der Waals surface area contributed by atoms with E-state index >= 15 is 0 Å². The average molecular weight is 443 g/mol. The lowest BCUT2D eigenvalue weighted by Gasteiger charge is -2.27. The molecule has 0 aromatic carbocycles. The van der Waals surface area contributed by atoms with Gasteiger partial charge in [0.05, 0.1) is 19.5 Å². The van der Waals surface area contributed by atoms with Crippen LogP contribution in [0, 0.1) is 5.82 Å². The number of anilines is 2. The maximum absolute atomic E-state index is 14.2. The Kier molecular flexibility index (Phi) is 6.36. The minimum atomic E-state index is -3.58. The lowest BCUT2D eigenvalue weighted by atomic mass is 10.1. The number of nitrogens with two attached hydrogens (primary N) is 2. The number of halogens is 4. The van der Waals surface area contributed by atoms with Gasteiger partial charge in [0.15, 0.2) is 24.2 Å². The molecule has 0 unspecified atom stereocenters. The fourth-order valence-electron chi connectivity index (χ4n) is 2.53. The highest BCUT2D eigenvalue weighted by Gasteiger charge is 2.47. The molecular formula is C17H17F4N7O3. The number of nitrogen functional groups attached to an aromatic ring is 1. The van der Waals surface area contributed by atoms with E-state index in [0.29, 0.717) is 0 Å². The number of pyridine rings is 1. The van der Waals surface area contributed by atoms with Crippen LogP contribution in [0.15, 0.2) is 23.3 Å². The van der Waals surface area contributed by atoms with Crippen LogP contribution in [-0.2, 0) is 4.74 Å². The quantitative estimate of drug-likeness (QED) is 0.431. The fraction of sp³-hybridized carbons (Fsp3) is 0.353. The summed E-state index contributed by atoms with van der Waals surface area (Å²) < 4.78 is 64.1. The monoisotopic (exact) mass is 443 g/mol. The van der Waals surface area contributed by atoms with E-state index in [1.54, 1.807) is 0 Å². The first-order chi connectivity index (χ1) is 14.7. The number of hydrogen-bond donors (Lipinski definition) is 3.